The van der Waals surface area contributed by atoms with Crippen LogP contribution in [-0.2, 0) is 22.2 Å². The summed E-state index contributed by atoms with van der Waals surface area (Å²) in [6, 6.07) is 9.02. The van der Waals surface area contributed by atoms with Gasteiger partial charge in [-0.2, -0.15) is 0 Å². The van der Waals surface area contributed by atoms with Crippen molar-refractivity contribution in [2.24, 2.45) is 5.92 Å². The molecule has 2 aromatic rings. The minimum Gasteiger partial charge on any atom is -0.396 e. The number of rotatable bonds is 4. The Morgan fingerprint density at radius 1 is 1.41 bits per heavy atom. The van der Waals surface area contributed by atoms with Crippen molar-refractivity contribution >= 4 is 15.7 Å². The zero-order valence-electron chi connectivity index (χ0n) is 12.3. The van der Waals surface area contributed by atoms with E-state index in [2.05, 4.69) is 5.16 Å². The summed E-state index contributed by atoms with van der Waals surface area (Å²) in [5.74, 6) is 0.276. The van der Waals surface area contributed by atoms with Crippen LogP contribution in [0, 0.1) is 12.8 Å². The number of aromatic nitrogens is 1. The summed E-state index contributed by atoms with van der Waals surface area (Å²) >= 11 is 0. The van der Waals surface area contributed by atoms with Gasteiger partial charge in [0.05, 0.1) is 5.69 Å². The maximum absolute atomic E-state index is 12.8. The molecule has 1 unspecified atom stereocenters. The topological polar surface area (TPSA) is 83.6 Å². The SMILES string of the molecule is Cc1cc(CS(=O)(=O)N2CC(CO)Cc3ccccc32)no1. The molecule has 0 aliphatic carbocycles. The van der Waals surface area contributed by atoms with Gasteiger partial charge in [-0.05, 0) is 25.0 Å². The Bertz CT molecular complexity index is 769. The first-order chi connectivity index (χ1) is 10.5. The average Bonchev–Trinajstić information content (AvgIpc) is 2.90. The van der Waals surface area contributed by atoms with E-state index in [0.29, 0.717) is 23.6 Å². The molecule has 0 fully saturated rings. The lowest BCUT2D eigenvalue weighted by atomic mass is 9.95. The lowest BCUT2D eigenvalue weighted by Gasteiger charge is -2.34. The first-order valence-corrected chi connectivity index (χ1v) is 8.72. The Hall–Kier alpha value is -1.86. The van der Waals surface area contributed by atoms with Gasteiger partial charge < -0.3 is 9.63 Å². The molecule has 0 amide bonds. The summed E-state index contributed by atoms with van der Waals surface area (Å²) in [5.41, 5.74) is 2.02. The molecule has 6 nitrogen and oxygen atoms in total. The Kier molecular flexibility index (Phi) is 3.92. The number of fused-ring (bicyclic) bond motifs is 1. The molecule has 0 spiro atoms. The Morgan fingerprint density at radius 3 is 2.86 bits per heavy atom. The summed E-state index contributed by atoms with van der Waals surface area (Å²) in [5, 5.41) is 13.2. The highest BCUT2D eigenvalue weighted by Crippen LogP contribution is 2.32. The van der Waals surface area contributed by atoms with Crippen molar-refractivity contribution in [3.8, 4) is 0 Å². The second-order valence-corrected chi connectivity index (χ2v) is 7.49. The van der Waals surface area contributed by atoms with Crippen LogP contribution in [0.25, 0.3) is 0 Å². The number of aliphatic hydroxyl groups is 1. The standard InChI is InChI=1S/C15H18N2O4S/c1-11-6-14(16-21-11)10-22(19,20)17-8-12(9-18)7-13-4-2-3-5-15(13)17/h2-6,12,18H,7-10H2,1H3. The van der Waals surface area contributed by atoms with Gasteiger partial charge in [0.25, 0.3) is 0 Å². The van der Waals surface area contributed by atoms with Crippen LogP contribution < -0.4 is 4.31 Å². The highest BCUT2D eigenvalue weighted by molar-refractivity contribution is 7.92. The quantitative estimate of drug-likeness (QED) is 0.922. The van der Waals surface area contributed by atoms with Crippen molar-refractivity contribution in [2.75, 3.05) is 17.5 Å². The summed E-state index contributed by atoms with van der Waals surface area (Å²) in [4.78, 5) is 0. The molecule has 1 aliphatic rings. The number of hydrogen-bond donors (Lipinski definition) is 1. The van der Waals surface area contributed by atoms with Crippen molar-refractivity contribution < 1.29 is 18.0 Å². The maximum Gasteiger partial charge on any atom is 0.241 e. The molecule has 1 aromatic carbocycles. The summed E-state index contributed by atoms with van der Waals surface area (Å²) < 4.78 is 31.8. The molecule has 1 atom stereocenters. The Labute approximate surface area is 129 Å². The first kappa shape index (κ1) is 15.1. The smallest absolute Gasteiger partial charge is 0.241 e. The van der Waals surface area contributed by atoms with E-state index in [-0.39, 0.29) is 24.8 Å². The van der Waals surface area contributed by atoms with E-state index in [1.165, 1.54) is 4.31 Å². The predicted octanol–water partition coefficient (Wildman–Crippen LogP) is 1.48. The lowest BCUT2D eigenvalue weighted by Crippen LogP contribution is -2.41. The lowest BCUT2D eigenvalue weighted by molar-refractivity contribution is 0.227. The van der Waals surface area contributed by atoms with E-state index < -0.39 is 10.0 Å². The van der Waals surface area contributed by atoms with Crippen molar-refractivity contribution in [3.05, 3.63) is 47.3 Å². The number of aryl methyl sites for hydroxylation is 1. The van der Waals surface area contributed by atoms with Crippen LogP contribution in [0.5, 0.6) is 0 Å². The maximum atomic E-state index is 12.8. The monoisotopic (exact) mass is 322 g/mol. The molecular weight excluding hydrogens is 304 g/mol. The molecule has 2 heterocycles. The number of nitrogens with zero attached hydrogens (tertiary/aromatic N) is 2. The van der Waals surface area contributed by atoms with Crippen LogP contribution in [0.15, 0.2) is 34.9 Å². The van der Waals surface area contributed by atoms with E-state index in [1.54, 1.807) is 19.1 Å². The highest BCUT2D eigenvalue weighted by atomic mass is 32.2. The third-order valence-corrected chi connectivity index (χ3v) is 5.47. The van der Waals surface area contributed by atoms with Gasteiger partial charge in [0.2, 0.25) is 10.0 Å². The number of sulfonamides is 1. The van der Waals surface area contributed by atoms with Crippen molar-refractivity contribution in [1.29, 1.82) is 0 Å². The van der Waals surface area contributed by atoms with E-state index in [0.717, 1.165) is 5.56 Å². The number of benzene rings is 1. The van der Waals surface area contributed by atoms with Gasteiger partial charge in [0.15, 0.2) is 0 Å². The molecule has 0 bridgehead atoms. The molecule has 0 saturated heterocycles. The van der Waals surface area contributed by atoms with Crippen molar-refractivity contribution in [1.82, 2.24) is 5.16 Å². The zero-order valence-corrected chi connectivity index (χ0v) is 13.1. The molecule has 118 valence electrons. The minimum atomic E-state index is -3.58. The van der Waals surface area contributed by atoms with Crippen LogP contribution in [-0.4, -0.2) is 31.8 Å². The van der Waals surface area contributed by atoms with Crippen LogP contribution >= 0.6 is 0 Å². The van der Waals surface area contributed by atoms with E-state index in [9.17, 15) is 13.5 Å². The summed E-state index contributed by atoms with van der Waals surface area (Å²) in [6.45, 7) is 1.97. The largest absolute Gasteiger partial charge is 0.396 e. The molecule has 0 radical (unpaired) electrons. The summed E-state index contributed by atoms with van der Waals surface area (Å²) in [7, 11) is -3.58. The second-order valence-electron chi connectivity index (χ2n) is 5.60. The van der Waals surface area contributed by atoms with Gasteiger partial charge in [0, 0.05) is 25.1 Å². The molecule has 22 heavy (non-hydrogen) atoms. The Morgan fingerprint density at radius 2 is 2.18 bits per heavy atom. The number of hydrogen-bond acceptors (Lipinski definition) is 5. The second kappa shape index (κ2) is 5.73. The predicted molar refractivity (Wildman–Crippen MR) is 81.9 cm³/mol. The van der Waals surface area contributed by atoms with Crippen molar-refractivity contribution in [3.63, 3.8) is 0 Å². The molecule has 1 aliphatic heterocycles. The van der Waals surface area contributed by atoms with E-state index >= 15 is 0 Å². The summed E-state index contributed by atoms with van der Waals surface area (Å²) in [6.07, 6.45) is 0.682. The van der Waals surface area contributed by atoms with Gasteiger partial charge >= 0.3 is 0 Å². The fourth-order valence-corrected chi connectivity index (χ4v) is 4.35. The fraction of sp³-hybridized carbons (Fsp3) is 0.400. The Balaban J connectivity index is 1.95. The van der Waals surface area contributed by atoms with Crippen LogP contribution in [0.2, 0.25) is 0 Å². The van der Waals surface area contributed by atoms with Gasteiger partial charge in [-0.1, -0.05) is 23.4 Å². The van der Waals surface area contributed by atoms with Gasteiger partial charge in [-0.25, -0.2) is 8.42 Å². The van der Waals surface area contributed by atoms with Crippen LogP contribution in [0.1, 0.15) is 17.0 Å². The van der Waals surface area contributed by atoms with E-state index in [1.807, 2.05) is 18.2 Å². The third kappa shape index (κ3) is 2.86. The van der Waals surface area contributed by atoms with E-state index in [4.69, 9.17) is 4.52 Å². The molecule has 1 aromatic heterocycles. The molecular formula is C15H18N2O4S. The highest BCUT2D eigenvalue weighted by Gasteiger charge is 2.32. The zero-order chi connectivity index (χ0) is 15.7. The van der Waals surface area contributed by atoms with Crippen molar-refractivity contribution in [2.45, 2.75) is 19.1 Å². The fourth-order valence-electron chi connectivity index (χ4n) is 2.77. The third-order valence-electron chi connectivity index (χ3n) is 3.79. The number of anilines is 1. The first-order valence-electron chi connectivity index (χ1n) is 7.11. The van der Waals surface area contributed by atoms with Crippen LogP contribution in [0.4, 0.5) is 5.69 Å². The minimum absolute atomic E-state index is 0.0383. The molecule has 3 rings (SSSR count). The van der Waals surface area contributed by atoms with Gasteiger partial charge in [0.1, 0.15) is 17.2 Å². The number of para-hydroxylation sites is 1. The van der Waals surface area contributed by atoms with Crippen LogP contribution in [0.3, 0.4) is 0 Å². The average molecular weight is 322 g/mol. The van der Waals surface area contributed by atoms with Gasteiger partial charge in [-0.15, -0.1) is 0 Å². The molecule has 7 heteroatoms. The molecule has 0 saturated carbocycles. The number of aliphatic hydroxyl groups excluding tert-OH is 1. The molecule has 1 N–H and O–H groups in total. The normalized spacial score (nSPS) is 18.3. The van der Waals surface area contributed by atoms with Gasteiger partial charge in [-0.3, -0.25) is 4.31 Å².